The fourth-order valence-electron chi connectivity index (χ4n) is 1.12. The van der Waals surface area contributed by atoms with E-state index in [9.17, 15) is 18.0 Å². The first-order valence-corrected chi connectivity index (χ1v) is 6.39. The fraction of sp³-hybridized carbons (Fsp3) is 0.300. The van der Waals surface area contributed by atoms with Gasteiger partial charge in [0.1, 0.15) is 0 Å². The monoisotopic (exact) mass is 388 g/mol. The molecule has 0 aliphatic carbocycles. The predicted octanol–water partition coefficient (Wildman–Crippen LogP) is 3.30. The van der Waals surface area contributed by atoms with Gasteiger partial charge in [-0.2, -0.15) is 13.2 Å². The SMILES string of the molecule is O=C(CNCC(F)(F)F)Nc1c(Br)cccc1Br. The van der Waals surface area contributed by atoms with Crippen LogP contribution < -0.4 is 10.6 Å². The van der Waals surface area contributed by atoms with Crippen molar-refractivity contribution in [1.82, 2.24) is 5.32 Å². The van der Waals surface area contributed by atoms with Gasteiger partial charge in [-0.15, -0.1) is 0 Å². The maximum absolute atomic E-state index is 11.9. The summed E-state index contributed by atoms with van der Waals surface area (Å²) in [4.78, 5) is 11.4. The van der Waals surface area contributed by atoms with E-state index in [0.717, 1.165) is 0 Å². The van der Waals surface area contributed by atoms with Crippen molar-refractivity contribution < 1.29 is 18.0 Å². The molecule has 1 aromatic carbocycles. The van der Waals surface area contributed by atoms with Gasteiger partial charge in [-0.3, -0.25) is 4.79 Å². The quantitative estimate of drug-likeness (QED) is 0.829. The van der Waals surface area contributed by atoms with Gasteiger partial charge in [0.05, 0.1) is 18.8 Å². The summed E-state index contributed by atoms with van der Waals surface area (Å²) in [7, 11) is 0. The topological polar surface area (TPSA) is 41.1 Å². The highest BCUT2D eigenvalue weighted by Crippen LogP contribution is 2.30. The zero-order chi connectivity index (χ0) is 13.8. The molecule has 0 aromatic heterocycles. The van der Waals surface area contributed by atoms with E-state index in [1.165, 1.54) is 0 Å². The minimum absolute atomic E-state index is 0.409. The van der Waals surface area contributed by atoms with Gasteiger partial charge in [-0.25, -0.2) is 0 Å². The first-order chi connectivity index (χ1) is 8.29. The molecule has 0 atom stereocenters. The van der Waals surface area contributed by atoms with Crippen LogP contribution in [-0.4, -0.2) is 25.2 Å². The number of amides is 1. The lowest BCUT2D eigenvalue weighted by molar-refractivity contribution is -0.126. The van der Waals surface area contributed by atoms with Crippen LogP contribution in [0.4, 0.5) is 18.9 Å². The molecule has 0 spiro atoms. The Balaban J connectivity index is 2.50. The van der Waals surface area contributed by atoms with Gasteiger partial charge in [0.25, 0.3) is 0 Å². The zero-order valence-corrected chi connectivity index (χ0v) is 12.1. The maximum atomic E-state index is 11.9. The molecule has 18 heavy (non-hydrogen) atoms. The molecule has 0 unspecified atom stereocenters. The summed E-state index contributed by atoms with van der Waals surface area (Å²) in [6, 6.07) is 5.18. The van der Waals surface area contributed by atoms with Gasteiger partial charge < -0.3 is 10.6 Å². The molecule has 0 radical (unpaired) electrons. The number of halogens is 5. The predicted molar refractivity (Wildman–Crippen MR) is 69.4 cm³/mol. The second-order valence-corrected chi connectivity index (χ2v) is 5.07. The molecular formula is C10H9Br2F3N2O. The second-order valence-electron chi connectivity index (χ2n) is 3.36. The molecule has 0 aliphatic heterocycles. The van der Waals surface area contributed by atoms with Gasteiger partial charge in [0.15, 0.2) is 0 Å². The summed E-state index contributed by atoms with van der Waals surface area (Å²) < 4.78 is 36.8. The standard InChI is InChI=1S/C10H9Br2F3N2O/c11-6-2-1-3-7(12)9(6)17-8(18)4-16-5-10(13,14)15/h1-3,16H,4-5H2,(H,17,18). The Morgan fingerprint density at radius 2 is 1.78 bits per heavy atom. The molecule has 1 rings (SSSR count). The largest absolute Gasteiger partial charge is 0.401 e. The highest BCUT2D eigenvalue weighted by Gasteiger charge is 2.26. The van der Waals surface area contributed by atoms with Crippen LogP contribution in [0, 0.1) is 0 Å². The van der Waals surface area contributed by atoms with Gasteiger partial charge >= 0.3 is 6.18 Å². The Labute approximate surface area is 118 Å². The summed E-state index contributed by atoms with van der Waals surface area (Å²) in [6.07, 6.45) is -4.33. The van der Waals surface area contributed by atoms with Crippen molar-refractivity contribution in [3.05, 3.63) is 27.1 Å². The van der Waals surface area contributed by atoms with E-state index in [4.69, 9.17) is 0 Å². The highest BCUT2D eigenvalue weighted by atomic mass is 79.9. The summed E-state index contributed by atoms with van der Waals surface area (Å²) in [5, 5.41) is 4.52. The van der Waals surface area contributed by atoms with E-state index in [2.05, 4.69) is 37.2 Å². The minimum Gasteiger partial charge on any atom is -0.323 e. The lowest BCUT2D eigenvalue weighted by Crippen LogP contribution is -2.35. The lowest BCUT2D eigenvalue weighted by atomic mass is 10.3. The van der Waals surface area contributed by atoms with Gasteiger partial charge in [-0.1, -0.05) is 6.07 Å². The Kier molecular flexibility index (Phi) is 5.61. The highest BCUT2D eigenvalue weighted by molar-refractivity contribution is 9.11. The molecule has 2 N–H and O–H groups in total. The number of para-hydroxylation sites is 1. The van der Waals surface area contributed by atoms with E-state index >= 15 is 0 Å². The molecule has 1 aromatic rings. The third-order valence-corrected chi connectivity index (χ3v) is 3.16. The Morgan fingerprint density at radius 3 is 2.28 bits per heavy atom. The second kappa shape index (κ2) is 6.53. The van der Waals surface area contributed by atoms with Crippen molar-refractivity contribution in [3.63, 3.8) is 0 Å². The number of carbonyl (C=O) groups excluding carboxylic acids is 1. The Bertz CT molecular complexity index is 417. The van der Waals surface area contributed by atoms with Crippen LogP contribution in [0.5, 0.6) is 0 Å². The van der Waals surface area contributed by atoms with Crippen molar-refractivity contribution in [1.29, 1.82) is 0 Å². The third-order valence-electron chi connectivity index (χ3n) is 1.84. The third kappa shape index (κ3) is 5.36. The van der Waals surface area contributed by atoms with E-state index < -0.39 is 25.2 Å². The normalized spacial score (nSPS) is 11.4. The van der Waals surface area contributed by atoms with Crippen LogP contribution in [0.15, 0.2) is 27.1 Å². The van der Waals surface area contributed by atoms with Crippen LogP contribution in [0.1, 0.15) is 0 Å². The number of carbonyl (C=O) groups is 1. The number of hydrogen-bond acceptors (Lipinski definition) is 2. The molecule has 0 saturated heterocycles. The van der Waals surface area contributed by atoms with E-state index in [1.807, 2.05) is 5.32 Å². The van der Waals surface area contributed by atoms with Crippen molar-refractivity contribution in [2.45, 2.75) is 6.18 Å². The van der Waals surface area contributed by atoms with E-state index in [-0.39, 0.29) is 0 Å². The van der Waals surface area contributed by atoms with Crippen LogP contribution in [0.3, 0.4) is 0 Å². The summed E-state index contributed by atoms with van der Waals surface area (Å²) in [5.41, 5.74) is 0.483. The van der Waals surface area contributed by atoms with Crippen LogP contribution in [-0.2, 0) is 4.79 Å². The van der Waals surface area contributed by atoms with Gasteiger partial charge in [0.2, 0.25) is 5.91 Å². The average Bonchev–Trinajstić information content (AvgIpc) is 2.22. The molecule has 1 amide bonds. The van der Waals surface area contributed by atoms with E-state index in [0.29, 0.717) is 14.6 Å². The molecule has 0 aliphatic rings. The number of benzene rings is 1. The maximum Gasteiger partial charge on any atom is 0.401 e. The molecule has 0 heterocycles. The zero-order valence-electron chi connectivity index (χ0n) is 8.94. The molecular weight excluding hydrogens is 381 g/mol. The van der Waals surface area contributed by atoms with Crippen molar-refractivity contribution in [2.24, 2.45) is 0 Å². The molecule has 100 valence electrons. The average molecular weight is 390 g/mol. The Hall–Kier alpha value is -0.600. The van der Waals surface area contributed by atoms with Crippen LogP contribution >= 0.6 is 31.9 Å². The van der Waals surface area contributed by atoms with E-state index in [1.54, 1.807) is 18.2 Å². The first-order valence-electron chi connectivity index (χ1n) is 4.81. The van der Waals surface area contributed by atoms with Crippen molar-refractivity contribution in [3.8, 4) is 0 Å². The van der Waals surface area contributed by atoms with Crippen LogP contribution in [0.25, 0.3) is 0 Å². The molecule has 8 heteroatoms. The molecule has 3 nitrogen and oxygen atoms in total. The summed E-state index contributed by atoms with van der Waals surface area (Å²) in [6.45, 7) is -1.61. The number of alkyl halides is 3. The van der Waals surface area contributed by atoms with Crippen molar-refractivity contribution in [2.75, 3.05) is 18.4 Å². The van der Waals surface area contributed by atoms with Crippen LogP contribution in [0.2, 0.25) is 0 Å². The summed E-state index contributed by atoms with van der Waals surface area (Å²) in [5.74, 6) is -0.549. The van der Waals surface area contributed by atoms with Crippen molar-refractivity contribution >= 4 is 43.5 Å². The number of rotatable bonds is 4. The molecule has 0 bridgehead atoms. The number of nitrogens with one attached hydrogen (secondary N) is 2. The molecule has 0 fully saturated rings. The smallest absolute Gasteiger partial charge is 0.323 e. The fourth-order valence-corrected chi connectivity index (χ4v) is 2.32. The van der Waals surface area contributed by atoms with Gasteiger partial charge in [-0.05, 0) is 44.0 Å². The number of anilines is 1. The molecule has 0 saturated carbocycles. The number of hydrogen-bond donors (Lipinski definition) is 2. The summed E-state index contributed by atoms with van der Waals surface area (Å²) >= 11 is 6.46. The minimum atomic E-state index is -4.33. The van der Waals surface area contributed by atoms with Gasteiger partial charge in [0, 0.05) is 8.95 Å². The first kappa shape index (κ1) is 15.5. The Morgan fingerprint density at radius 1 is 1.22 bits per heavy atom. The lowest BCUT2D eigenvalue weighted by Gasteiger charge is -2.11.